The first-order chi connectivity index (χ1) is 17.6. The van der Waals surface area contributed by atoms with Crippen LogP contribution in [0.2, 0.25) is 0 Å². The summed E-state index contributed by atoms with van der Waals surface area (Å²) in [7, 11) is 0. The third-order valence-corrected chi connectivity index (χ3v) is 6.28. The molecule has 2 amide bonds. The molecule has 0 bridgehead atoms. The lowest BCUT2D eigenvalue weighted by molar-refractivity contribution is -0.121. The van der Waals surface area contributed by atoms with E-state index >= 15 is 0 Å². The Bertz CT molecular complexity index is 1380. The van der Waals surface area contributed by atoms with Crippen LogP contribution >= 0.6 is 0 Å². The number of nitrogens with one attached hydrogen (secondary N) is 2. The minimum absolute atomic E-state index is 0.0130. The lowest BCUT2D eigenvalue weighted by atomic mass is 10.1. The number of hydrogen-bond donors (Lipinski definition) is 2. The fraction of sp³-hybridized carbons (Fsp3) is 0.241. The van der Waals surface area contributed by atoms with Crippen LogP contribution in [0.3, 0.4) is 0 Å². The number of aromatic amines is 1. The van der Waals surface area contributed by atoms with E-state index in [1.807, 2.05) is 67.7 Å². The summed E-state index contributed by atoms with van der Waals surface area (Å²) in [6.07, 6.45) is 3.72. The Morgan fingerprint density at radius 3 is 2.78 bits per heavy atom. The number of carbonyl (C=O) groups is 2. The highest BCUT2D eigenvalue weighted by Gasteiger charge is 2.25. The molecule has 3 aromatic carbocycles. The molecule has 36 heavy (non-hydrogen) atoms. The highest BCUT2D eigenvalue weighted by atomic mass is 16.5. The monoisotopic (exact) mass is 483 g/mol. The number of para-hydroxylation sites is 1. The first-order valence-electron chi connectivity index (χ1n) is 12.2. The number of H-pyrrole nitrogens is 1. The van der Waals surface area contributed by atoms with Crippen molar-refractivity contribution in [1.29, 1.82) is 0 Å². The summed E-state index contributed by atoms with van der Waals surface area (Å²) in [5.41, 5.74) is 4.44. The van der Waals surface area contributed by atoms with Gasteiger partial charge in [0.15, 0.2) is 6.61 Å². The molecule has 0 saturated heterocycles. The van der Waals surface area contributed by atoms with Crippen LogP contribution in [0.4, 0.5) is 11.4 Å². The van der Waals surface area contributed by atoms with Gasteiger partial charge in [-0.1, -0.05) is 35.9 Å². The van der Waals surface area contributed by atoms with E-state index in [0.29, 0.717) is 30.3 Å². The highest BCUT2D eigenvalue weighted by molar-refractivity contribution is 6.00. The van der Waals surface area contributed by atoms with Crippen LogP contribution in [-0.4, -0.2) is 36.6 Å². The lowest BCUT2D eigenvalue weighted by Crippen LogP contribution is -2.39. The number of hydrogen-bond acceptors (Lipinski definition) is 4. The van der Waals surface area contributed by atoms with Gasteiger partial charge in [0, 0.05) is 29.3 Å². The molecule has 0 unspecified atom stereocenters. The summed E-state index contributed by atoms with van der Waals surface area (Å²) in [4.78, 5) is 30.3. The van der Waals surface area contributed by atoms with E-state index in [1.54, 1.807) is 17.0 Å². The molecule has 4 aromatic rings. The number of unbranched alkanes of at least 4 members (excludes halogenated alkanes) is 1. The maximum absolute atomic E-state index is 12.8. The third-order valence-electron chi connectivity index (χ3n) is 6.28. The second-order valence-corrected chi connectivity index (χ2v) is 8.97. The van der Waals surface area contributed by atoms with E-state index in [0.717, 1.165) is 35.1 Å². The van der Waals surface area contributed by atoms with E-state index in [1.165, 1.54) is 5.56 Å². The topological polar surface area (TPSA) is 83.7 Å². The number of rotatable bonds is 9. The molecule has 1 aliphatic heterocycles. The number of amides is 2. The Labute approximate surface area is 210 Å². The van der Waals surface area contributed by atoms with Gasteiger partial charge in [-0.3, -0.25) is 9.59 Å². The number of aromatic nitrogens is 1. The van der Waals surface area contributed by atoms with Crippen molar-refractivity contribution in [3.05, 3.63) is 84.1 Å². The Morgan fingerprint density at radius 2 is 1.92 bits per heavy atom. The standard InChI is InChI=1S/C29H29N3O4/c1-20-8-11-23(12-9-20)35-15-5-4-14-32-26-17-22(10-13-27(26)36-19-29(32)34)31-28(33)16-21-18-30-25-7-3-2-6-24(21)25/h2-3,6-13,17-18,30H,4-5,14-16,19H2,1H3,(H,31,33). The summed E-state index contributed by atoms with van der Waals surface area (Å²) in [6.45, 7) is 3.19. The minimum atomic E-state index is -0.123. The fourth-order valence-electron chi connectivity index (χ4n) is 4.38. The zero-order valence-corrected chi connectivity index (χ0v) is 20.3. The van der Waals surface area contributed by atoms with Gasteiger partial charge in [-0.15, -0.1) is 0 Å². The summed E-state index contributed by atoms with van der Waals surface area (Å²) >= 11 is 0. The Morgan fingerprint density at radius 1 is 1.08 bits per heavy atom. The van der Waals surface area contributed by atoms with Gasteiger partial charge in [0.1, 0.15) is 11.5 Å². The first-order valence-corrected chi connectivity index (χ1v) is 12.2. The predicted octanol–water partition coefficient (Wildman–Crippen LogP) is 5.24. The first kappa shape index (κ1) is 23.5. The number of ether oxygens (including phenoxy) is 2. The molecule has 184 valence electrons. The number of nitrogens with zero attached hydrogens (tertiary/aromatic N) is 1. The van der Waals surface area contributed by atoms with Crippen molar-refractivity contribution in [1.82, 2.24) is 4.98 Å². The molecule has 0 saturated carbocycles. The van der Waals surface area contributed by atoms with E-state index < -0.39 is 0 Å². The molecule has 7 heteroatoms. The minimum Gasteiger partial charge on any atom is -0.494 e. The fourth-order valence-corrected chi connectivity index (χ4v) is 4.38. The molecular formula is C29H29N3O4. The smallest absolute Gasteiger partial charge is 0.265 e. The van der Waals surface area contributed by atoms with Crippen molar-refractivity contribution in [3.8, 4) is 11.5 Å². The van der Waals surface area contributed by atoms with Crippen LogP contribution in [0.5, 0.6) is 11.5 Å². The van der Waals surface area contributed by atoms with Gasteiger partial charge in [0.05, 0.1) is 18.7 Å². The van der Waals surface area contributed by atoms with Crippen LogP contribution in [0.15, 0.2) is 72.9 Å². The zero-order valence-electron chi connectivity index (χ0n) is 20.3. The maximum Gasteiger partial charge on any atom is 0.265 e. The molecule has 0 spiro atoms. The molecule has 0 radical (unpaired) electrons. The van der Waals surface area contributed by atoms with E-state index in [4.69, 9.17) is 9.47 Å². The van der Waals surface area contributed by atoms with Crippen LogP contribution in [-0.2, 0) is 16.0 Å². The van der Waals surface area contributed by atoms with Crippen LogP contribution < -0.4 is 19.7 Å². The molecule has 1 aromatic heterocycles. The average molecular weight is 484 g/mol. The number of aryl methyl sites for hydroxylation is 1. The van der Waals surface area contributed by atoms with Crippen molar-refractivity contribution < 1.29 is 19.1 Å². The van der Waals surface area contributed by atoms with Gasteiger partial charge in [0.25, 0.3) is 5.91 Å². The Kier molecular flexibility index (Phi) is 6.89. The number of fused-ring (bicyclic) bond motifs is 2. The molecule has 1 aliphatic rings. The Balaban J connectivity index is 1.19. The van der Waals surface area contributed by atoms with Crippen LogP contribution in [0.25, 0.3) is 10.9 Å². The molecule has 2 N–H and O–H groups in total. The highest BCUT2D eigenvalue weighted by Crippen LogP contribution is 2.35. The zero-order chi connectivity index (χ0) is 24.9. The van der Waals surface area contributed by atoms with Gasteiger partial charge in [0.2, 0.25) is 5.91 Å². The predicted molar refractivity (Wildman–Crippen MR) is 141 cm³/mol. The maximum atomic E-state index is 12.8. The average Bonchev–Trinajstić information content (AvgIpc) is 3.28. The molecule has 0 atom stereocenters. The third kappa shape index (κ3) is 5.35. The number of carbonyl (C=O) groups excluding carboxylic acids is 2. The largest absolute Gasteiger partial charge is 0.494 e. The summed E-state index contributed by atoms with van der Waals surface area (Å²) in [6, 6.07) is 21.3. The van der Waals surface area contributed by atoms with Gasteiger partial charge in [-0.25, -0.2) is 0 Å². The van der Waals surface area contributed by atoms with Crippen molar-refractivity contribution in [2.24, 2.45) is 0 Å². The summed E-state index contributed by atoms with van der Waals surface area (Å²) in [5.74, 6) is 1.27. The normalized spacial score (nSPS) is 12.8. The molecular weight excluding hydrogens is 454 g/mol. The van der Waals surface area contributed by atoms with Gasteiger partial charge in [-0.05, 0) is 61.7 Å². The lowest BCUT2D eigenvalue weighted by Gasteiger charge is -2.30. The molecule has 5 rings (SSSR count). The van der Waals surface area contributed by atoms with Crippen molar-refractivity contribution >= 4 is 34.1 Å². The van der Waals surface area contributed by atoms with Crippen molar-refractivity contribution in [2.75, 3.05) is 30.0 Å². The number of anilines is 2. The molecule has 2 heterocycles. The van der Waals surface area contributed by atoms with Crippen LogP contribution in [0, 0.1) is 6.92 Å². The summed E-state index contributed by atoms with van der Waals surface area (Å²) in [5, 5.41) is 4.00. The molecule has 0 fully saturated rings. The number of benzene rings is 3. The second kappa shape index (κ2) is 10.6. The summed E-state index contributed by atoms with van der Waals surface area (Å²) < 4.78 is 11.4. The van der Waals surface area contributed by atoms with Gasteiger partial charge < -0.3 is 24.7 Å². The SMILES string of the molecule is Cc1ccc(OCCCCN2C(=O)COc3ccc(NC(=O)Cc4c[nH]c5ccccc45)cc32)cc1. The van der Waals surface area contributed by atoms with Gasteiger partial charge in [-0.2, -0.15) is 0 Å². The van der Waals surface area contributed by atoms with E-state index in [2.05, 4.69) is 10.3 Å². The van der Waals surface area contributed by atoms with Gasteiger partial charge >= 0.3 is 0 Å². The second-order valence-electron chi connectivity index (χ2n) is 8.97. The van der Waals surface area contributed by atoms with Crippen LogP contribution in [0.1, 0.15) is 24.0 Å². The Hall–Kier alpha value is -4.26. The molecule has 7 nitrogen and oxygen atoms in total. The van der Waals surface area contributed by atoms with Crippen molar-refractivity contribution in [3.63, 3.8) is 0 Å². The van der Waals surface area contributed by atoms with E-state index in [-0.39, 0.29) is 24.8 Å². The van der Waals surface area contributed by atoms with E-state index in [9.17, 15) is 9.59 Å². The van der Waals surface area contributed by atoms with Crippen molar-refractivity contribution in [2.45, 2.75) is 26.2 Å². The molecule has 0 aliphatic carbocycles. The quantitative estimate of drug-likeness (QED) is 0.319.